The van der Waals surface area contributed by atoms with Crippen LogP contribution in [0.25, 0.3) is 0 Å². The molecule has 1 aliphatic heterocycles. The van der Waals surface area contributed by atoms with Crippen LogP contribution < -0.4 is 4.74 Å². The summed E-state index contributed by atoms with van der Waals surface area (Å²) in [4.78, 5) is 25.7. The number of nitro groups is 1. The highest BCUT2D eigenvalue weighted by molar-refractivity contribution is 5.65. The van der Waals surface area contributed by atoms with Crippen molar-refractivity contribution in [2.75, 3.05) is 13.1 Å². The summed E-state index contributed by atoms with van der Waals surface area (Å²) in [6, 6.07) is 2.72. The minimum atomic E-state index is -0.963. The number of hydrogen-bond donors (Lipinski definition) is 1. The molecule has 1 N–H and O–H groups in total. The number of nitrogens with zero attached hydrogens (tertiary/aromatic N) is 3. The van der Waals surface area contributed by atoms with Crippen molar-refractivity contribution in [1.29, 1.82) is 0 Å². The number of ether oxygens (including phenoxy) is 1. The van der Waals surface area contributed by atoms with E-state index in [-0.39, 0.29) is 11.9 Å². The molecule has 0 saturated carbocycles. The van der Waals surface area contributed by atoms with E-state index in [4.69, 9.17) is 9.84 Å². The van der Waals surface area contributed by atoms with Crippen LogP contribution in [-0.4, -0.2) is 45.2 Å². The largest absolute Gasteiger partial charge is 0.485 e. The lowest BCUT2D eigenvalue weighted by Crippen LogP contribution is -2.43. The molecule has 0 radical (unpaired) electrons. The van der Waals surface area contributed by atoms with Crippen molar-refractivity contribution in [2.45, 2.75) is 18.9 Å². The Balaban J connectivity index is 1.96. The van der Waals surface area contributed by atoms with Crippen LogP contribution in [0.15, 0.2) is 18.3 Å². The normalized spacial score (nSPS) is 18.9. The highest BCUT2D eigenvalue weighted by Crippen LogP contribution is 2.19. The van der Waals surface area contributed by atoms with Crippen LogP contribution >= 0.6 is 0 Å². The fourth-order valence-corrected chi connectivity index (χ4v) is 1.95. The molecular weight excluding hydrogens is 254 g/mol. The third-order valence-electron chi connectivity index (χ3n) is 2.86. The molecule has 1 aromatic rings. The van der Waals surface area contributed by atoms with Gasteiger partial charge in [0.05, 0.1) is 6.54 Å². The summed E-state index contributed by atoms with van der Waals surface area (Å²) in [5.74, 6) is 0.158. The van der Waals surface area contributed by atoms with Crippen LogP contribution in [-0.2, 0) is 0 Å². The predicted octanol–water partition coefficient (Wildman–Crippen LogP) is 1.51. The Morgan fingerprint density at radius 1 is 1.58 bits per heavy atom. The van der Waals surface area contributed by atoms with Crippen molar-refractivity contribution in [3.05, 3.63) is 28.4 Å². The number of carboxylic acid groups (broad SMARTS) is 1. The lowest BCUT2D eigenvalue weighted by Gasteiger charge is -2.30. The van der Waals surface area contributed by atoms with Crippen LogP contribution in [0.4, 0.5) is 10.6 Å². The van der Waals surface area contributed by atoms with Crippen LogP contribution in [0.3, 0.4) is 0 Å². The number of hydrogen-bond acceptors (Lipinski definition) is 5. The van der Waals surface area contributed by atoms with Crippen LogP contribution in [0.5, 0.6) is 5.75 Å². The maximum atomic E-state index is 10.9. The molecular formula is C11H13N3O5. The van der Waals surface area contributed by atoms with Crippen LogP contribution in [0.2, 0.25) is 0 Å². The lowest BCUT2D eigenvalue weighted by atomic mass is 10.1. The zero-order valence-electron chi connectivity index (χ0n) is 10.1. The Kier molecular flexibility index (Phi) is 3.79. The monoisotopic (exact) mass is 267 g/mol. The van der Waals surface area contributed by atoms with E-state index in [2.05, 4.69) is 4.98 Å². The summed E-state index contributed by atoms with van der Waals surface area (Å²) < 4.78 is 5.58. The molecule has 0 aliphatic carbocycles. The van der Waals surface area contributed by atoms with Gasteiger partial charge in [-0.1, -0.05) is 0 Å². The number of carbonyl (C=O) groups is 1. The molecule has 1 saturated heterocycles. The number of rotatable bonds is 3. The predicted molar refractivity (Wildman–Crippen MR) is 64.1 cm³/mol. The van der Waals surface area contributed by atoms with E-state index in [9.17, 15) is 14.9 Å². The molecule has 1 unspecified atom stereocenters. The maximum absolute atomic E-state index is 10.9. The molecule has 1 fully saturated rings. The summed E-state index contributed by atoms with van der Waals surface area (Å²) in [7, 11) is 0. The fraction of sp³-hybridized carbons (Fsp3) is 0.455. The minimum absolute atomic E-state index is 0.242. The van der Waals surface area contributed by atoms with Gasteiger partial charge in [0, 0.05) is 12.6 Å². The van der Waals surface area contributed by atoms with Gasteiger partial charge >= 0.3 is 11.9 Å². The first-order valence-corrected chi connectivity index (χ1v) is 5.81. The highest BCUT2D eigenvalue weighted by atomic mass is 16.6. The molecule has 0 bridgehead atoms. The summed E-state index contributed by atoms with van der Waals surface area (Å²) >= 11 is 0. The minimum Gasteiger partial charge on any atom is -0.485 e. The topological polar surface area (TPSA) is 106 Å². The smallest absolute Gasteiger partial charge is 0.407 e. The van der Waals surface area contributed by atoms with Crippen molar-refractivity contribution in [3.63, 3.8) is 0 Å². The van der Waals surface area contributed by atoms with E-state index in [1.165, 1.54) is 23.2 Å². The van der Waals surface area contributed by atoms with Crippen molar-refractivity contribution < 1.29 is 19.6 Å². The van der Waals surface area contributed by atoms with Crippen molar-refractivity contribution in [2.24, 2.45) is 0 Å². The van der Waals surface area contributed by atoms with E-state index < -0.39 is 11.0 Å². The molecule has 2 heterocycles. The van der Waals surface area contributed by atoms with Gasteiger partial charge in [-0.25, -0.2) is 4.79 Å². The maximum Gasteiger partial charge on any atom is 0.407 e. The van der Waals surface area contributed by atoms with Gasteiger partial charge in [0.2, 0.25) is 0 Å². The Hall–Kier alpha value is -2.38. The molecule has 0 spiro atoms. The van der Waals surface area contributed by atoms with E-state index in [1.807, 2.05) is 0 Å². The van der Waals surface area contributed by atoms with Gasteiger partial charge in [-0.3, -0.25) is 0 Å². The first-order valence-electron chi connectivity index (χ1n) is 5.81. The second-order valence-electron chi connectivity index (χ2n) is 4.22. The van der Waals surface area contributed by atoms with E-state index >= 15 is 0 Å². The average Bonchev–Trinajstić information content (AvgIpc) is 2.39. The Bertz CT molecular complexity index is 476. The molecule has 0 aromatic carbocycles. The van der Waals surface area contributed by atoms with E-state index in [0.717, 1.165) is 12.8 Å². The molecule has 1 amide bonds. The second-order valence-corrected chi connectivity index (χ2v) is 4.22. The van der Waals surface area contributed by atoms with E-state index in [1.54, 1.807) is 0 Å². The summed E-state index contributed by atoms with van der Waals surface area (Å²) in [6.07, 6.45) is 1.55. The zero-order chi connectivity index (χ0) is 13.8. The molecule has 19 heavy (non-hydrogen) atoms. The molecule has 1 atom stereocenters. The van der Waals surface area contributed by atoms with Gasteiger partial charge in [0.1, 0.15) is 6.10 Å². The molecule has 102 valence electrons. The second kappa shape index (κ2) is 5.51. The van der Waals surface area contributed by atoms with Gasteiger partial charge in [-0.2, -0.15) is 0 Å². The lowest BCUT2D eigenvalue weighted by molar-refractivity contribution is -0.389. The Morgan fingerprint density at radius 2 is 2.37 bits per heavy atom. The zero-order valence-corrected chi connectivity index (χ0v) is 10.1. The molecule has 1 aromatic heterocycles. The van der Waals surface area contributed by atoms with Gasteiger partial charge in [0.15, 0.2) is 11.9 Å². The molecule has 8 nitrogen and oxygen atoms in total. The summed E-state index contributed by atoms with van der Waals surface area (Å²) in [5.41, 5.74) is 0. The summed E-state index contributed by atoms with van der Waals surface area (Å²) in [6.45, 7) is 0.806. The molecule has 2 rings (SSSR count). The van der Waals surface area contributed by atoms with E-state index in [0.29, 0.717) is 18.8 Å². The third-order valence-corrected chi connectivity index (χ3v) is 2.86. The number of aromatic nitrogens is 1. The highest BCUT2D eigenvalue weighted by Gasteiger charge is 2.24. The molecule has 8 heteroatoms. The van der Waals surface area contributed by atoms with Gasteiger partial charge in [-0.15, -0.1) is 0 Å². The van der Waals surface area contributed by atoms with Crippen LogP contribution in [0, 0.1) is 10.1 Å². The van der Waals surface area contributed by atoms with Gasteiger partial charge in [-0.05, 0) is 28.8 Å². The number of likely N-dealkylation sites (tertiary alicyclic amines) is 1. The third kappa shape index (κ3) is 3.30. The number of pyridine rings is 1. The number of piperidine rings is 1. The standard InChI is InChI=1S/C11H13N3O5/c15-11(16)13-5-1-2-9(7-13)19-8-3-4-10(12-6-8)14(17)18/h3-4,6,9H,1-2,5,7H2,(H,15,16). The van der Waals surface area contributed by atoms with Gasteiger partial charge in [0.25, 0.3) is 0 Å². The number of amides is 1. The first-order chi connectivity index (χ1) is 9.06. The van der Waals surface area contributed by atoms with Gasteiger partial charge < -0.3 is 24.9 Å². The van der Waals surface area contributed by atoms with Crippen LogP contribution in [0.1, 0.15) is 12.8 Å². The quantitative estimate of drug-likeness (QED) is 0.657. The fourth-order valence-electron chi connectivity index (χ4n) is 1.95. The average molecular weight is 267 g/mol. The molecule has 1 aliphatic rings. The first kappa shape index (κ1) is 13.1. The van der Waals surface area contributed by atoms with Crippen molar-refractivity contribution >= 4 is 11.9 Å². The van der Waals surface area contributed by atoms with Crippen molar-refractivity contribution in [3.8, 4) is 5.75 Å². The Labute approximate surface area is 108 Å². The summed E-state index contributed by atoms with van der Waals surface area (Å²) in [5, 5.41) is 19.4. The SMILES string of the molecule is O=C(O)N1CCCC(Oc2ccc([N+](=O)[O-])nc2)C1. The van der Waals surface area contributed by atoms with Crippen molar-refractivity contribution in [1.82, 2.24) is 9.88 Å². The Morgan fingerprint density at radius 3 is 2.95 bits per heavy atom.